The van der Waals surface area contributed by atoms with Crippen LogP contribution in [-0.2, 0) is 16.4 Å². The van der Waals surface area contributed by atoms with Crippen LogP contribution in [0.15, 0.2) is 53.7 Å². The number of benzene rings is 2. The SMILES string of the molecule is Nc1nc2ccccc2c2c1ncn2CCCCS(=O)(=O)c1ccc(F)cc1F. The number of nitrogen functional groups attached to an aromatic ring is 1. The maximum atomic E-state index is 13.8. The average molecular weight is 416 g/mol. The first-order valence-corrected chi connectivity index (χ1v) is 10.7. The normalized spacial score (nSPS) is 12.1. The fraction of sp³-hybridized carbons (Fsp3) is 0.200. The van der Waals surface area contributed by atoms with E-state index >= 15 is 0 Å². The third kappa shape index (κ3) is 3.65. The van der Waals surface area contributed by atoms with Crippen molar-refractivity contribution < 1.29 is 17.2 Å². The summed E-state index contributed by atoms with van der Waals surface area (Å²) in [6.45, 7) is 0.519. The second kappa shape index (κ2) is 7.40. The first-order chi connectivity index (χ1) is 13.9. The number of anilines is 1. The maximum Gasteiger partial charge on any atom is 0.181 e. The lowest BCUT2D eigenvalue weighted by atomic mass is 10.2. The van der Waals surface area contributed by atoms with Crippen LogP contribution in [0.2, 0.25) is 0 Å². The first-order valence-electron chi connectivity index (χ1n) is 9.04. The van der Waals surface area contributed by atoms with Gasteiger partial charge in [-0.25, -0.2) is 27.2 Å². The van der Waals surface area contributed by atoms with Gasteiger partial charge in [0, 0.05) is 18.0 Å². The Labute approximate surface area is 165 Å². The van der Waals surface area contributed by atoms with E-state index in [4.69, 9.17) is 5.73 Å². The number of nitrogens with two attached hydrogens (primary N) is 1. The van der Waals surface area contributed by atoms with Gasteiger partial charge in [0.1, 0.15) is 22.0 Å². The molecule has 0 saturated carbocycles. The van der Waals surface area contributed by atoms with Crippen LogP contribution in [0, 0.1) is 11.6 Å². The lowest BCUT2D eigenvalue weighted by Crippen LogP contribution is -2.10. The summed E-state index contributed by atoms with van der Waals surface area (Å²) in [6, 6.07) is 10.1. The van der Waals surface area contributed by atoms with Crippen molar-refractivity contribution in [3.63, 3.8) is 0 Å². The summed E-state index contributed by atoms with van der Waals surface area (Å²) in [7, 11) is -3.83. The van der Waals surface area contributed by atoms with Crippen molar-refractivity contribution in [2.24, 2.45) is 0 Å². The Kier molecular flexibility index (Phi) is 4.91. The van der Waals surface area contributed by atoms with Gasteiger partial charge in [-0.1, -0.05) is 18.2 Å². The van der Waals surface area contributed by atoms with E-state index in [-0.39, 0.29) is 5.75 Å². The molecule has 0 saturated heterocycles. The zero-order valence-electron chi connectivity index (χ0n) is 15.3. The molecule has 0 unspecified atom stereocenters. The molecule has 0 radical (unpaired) electrons. The second-order valence-corrected chi connectivity index (χ2v) is 8.83. The topological polar surface area (TPSA) is 90.9 Å². The molecule has 150 valence electrons. The van der Waals surface area contributed by atoms with Crippen LogP contribution in [0.25, 0.3) is 21.9 Å². The number of unbranched alkanes of at least 4 members (excludes halogenated alkanes) is 1. The second-order valence-electron chi connectivity index (χ2n) is 6.75. The standard InChI is InChI=1S/C20H18F2N4O2S/c21-13-7-8-17(15(22)11-13)29(27,28)10-4-3-9-26-12-24-18-19(26)14-5-1-2-6-16(14)25-20(18)23/h1-2,5-8,11-12H,3-4,9-10H2,(H2,23,25). The zero-order chi connectivity index (χ0) is 20.6. The molecule has 2 aromatic carbocycles. The van der Waals surface area contributed by atoms with Crippen molar-refractivity contribution in [2.75, 3.05) is 11.5 Å². The monoisotopic (exact) mass is 416 g/mol. The highest BCUT2D eigenvalue weighted by molar-refractivity contribution is 7.91. The fourth-order valence-corrected chi connectivity index (χ4v) is 4.82. The zero-order valence-corrected chi connectivity index (χ0v) is 16.2. The van der Waals surface area contributed by atoms with Crippen molar-refractivity contribution in [1.29, 1.82) is 0 Å². The van der Waals surface area contributed by atoms with Crippen molar-refractivity contribution in [3.05, 3.63) is 60.4 Å². The molecule has 4 aromatic rings. The Morgan fingerprint density at radius 2 is 1.86 bits per heavy atom. The number of hydrogen-bond acceptors (Lipinski definition) is 5. The molecule has 0 aliphatic carbocycles. The van der Waals surface area contributed by atoms with Gasteiger partial charge in [-0.05, 0) is 31.0 Å². The highest BCUT2D eigenvalue weighted by Gasteiger charge is 2.19. The van der Waals surface area contributed by atoms with Gasteiger partial charge in [-0.3, -0.25) is 0 Å². The van der Waals surface area contributed by atoms with E-state index < -0.39 is 26.4 Å². The number of pyridine rings is 1. The molecule has 6 nitrogen and oxygen atoms in total. The van der Waals surface area contributed by atoms with Crippen LogP contribution >= 0.6 is 0 Å². The molecule has 0 spiro atoms. The van der Waals surface area contributed by atoms with E-state index in [1.54, 1.807) is 6.33 Å². The number of aromatic nitrogens is 3. The fourth-order valence-electron chi connectivity index (χ4n) is 3.39. The first kappa shape index (κ1) is 19.3. The molecule has 0 fully saturated rings. The Hall–Kier alpha value is -3.07. The molecule has 0 aliphatic rings. The predicted octanol–water partition coefficient (Wildman–Crippen LogP) is 3.70. The molecule has 2 heterocycles. The van der Waals surface area contributed by atoms with E-state index in [2.05, 4.69) is 9.97 Å². The Morgan fingerprint density at radius 3 is 2.66 bits per heavy atom. The molecule has 0 amide bonds. The van der Waals surface area contributed by atoms with Crippen LogP contribution in [0.5, 0.6) is 0 Å². The smallest absolute Gasteiger partial charge is 0.181 e. The number of sulfone groups is 1. The van der Waals surface area contributed by atoms with Gasteiger partial charge in [0.15, 0.2) is 15.7 Å². The number of halogens is 2. The maximum absolute atomic E-state index is 13.8. The molecule has 2 aromatic heterocycles. The largest absolute Gasteiger partial charge is 0.382 e. The summed E-state index contributed by atoms with van der Waals surface area (Å²) >= 11 is 0. The molecule has 2 N–H and O–H groups in total. The minimum absolute atomic E-state index is 0.230. The molecule has 0 bridgehead atoms. The predicted molar refractivity (Wildman–Crippen MR) is 107 cm³/mol. The van der Waals surface area contributed by atoms with Gasteiger partial charge in [0.2, 0.25) is 0 Å². The summed E-state index contributed by atoms with van der Waals surface area (Å²) < 4.78 is 53.4. The van der Waals surface area contributed by atoms with Crippen molar-refractivity contribution in [3.8, 4) is 0 Å². The molecule has 4 rings (SSSR count). The van der Waals surface area contributed by atoms with Crippen molar-refractivity contribution >= 4 is 37.6 Å². The van der Waals surface area contributed by atoms with E-state index in [1.807, 2.05) is 28.8 Å². The van der Waals surface area contributed by atoms with Gasteiger partial charge < -0.3 is 10.3 Å². The molecule has 9 heteroatoms. The van der Waals surface area contributed by atoms with Crippen LogP contribution in [0.1, 0.15) is 12.8 Å². The quantitative estimate of drug-likeness (QED) is 0.382. The van der Waals surface area contributed by atoms with E-state index in [0.29, 0.717) is 36.8 Å². The Bertz CT molecular complexity index is 1320. The highest BCUT2D eigenvalue weighted by atomic mass is 32.2. The van der Waals surface area contributed by atoms with Crippen molar-refractivity contribution in [2.45, 2.75) is 24.3 Å². The Balaban J connectivity index is 1.51. The minimum Gasteiger partial charge on any atom is -0.382 e. The minimum atomic E-state index is -3.83. The average Bonchev–Trinajstić information content (AvgIpc) is 3.10. The van der Waals surface area contributed by atoms with Gasteiger partial charge in [0.05, 0.1) is 23.1 Å². The lowest BCUT2D eigenvalue weighted by molar-refractivity contribution is 0.546. The molecule has 0 atom stereocenters. The highest BCUT2D eigenvalue weighted by Crippen LogP contribution is 2.27. The van der Waals surface area contributed by atoms with Gasteiger partial charge in [0.25, 0.3) is 0 Å². The molecular formula is C20H18F2N4O2S. The number of aryl methyl sites for hydroxylation is 1. The van der Waals surface area contributed by atoms with Gasteiger partial charge >= 0.3 is 0 Å². The van der Waals surface area contributed by atoms with Crippen LogP contribution < -0.4 is 5.73 Å². The molecule has 0 aliphatic heterocycles. The van der Waals surface area contributed by atoms with E-state index in [9.17, 15) is 17.2 Å². The number of fused-ring (bicyclic) bond motifs is 3. The summed E-state index contributed by atoms with van der Waals surface area (Å²) in [5.74, 6) is -1.77. The lowest BCUT2D eigenvalue weighted by Gasteiger charge is -2.09. The number of hydrogen-bond donors (Lipinski definition) is 1. The van der Waals surface area contributed by atoms with E-state index in [0.717, 1.165) is 28.6 Å². The van der Waals surface area contributed by atoms with Gasteiger partial charge in [-0.2, -0.15) is 0 Å². The number of para-hydroxylation sites is 1. The number of rotatable bonds is 6. The summed E-state index contributed by atoms with van der Waals surface area (Å²) in [5.41, 5.74) is 8.22. The van der Waals surface area contributed by atoms with Crippen LogP contribution in [0.4, 0.5) is 14.6 Å². The van der Waals surface area contributed by atoms with E-state index in [1.165, 1.54) is 0 Å². The third-order valence-corrected chi connectivity index (χ3v) is 6.60. The Morgan fingerprint density at radius 1 is 1.07 bits per heavy atom. The van der Waals surface area contributed by atoms with Crippen LogP contribution in [0.3, 0.4) is 0 Å². The number of imidazole rings is 1. The third-order valence-electron chi connectivity index (χ3n) is 4.77. The molecular weight excluding hydrogens is 398 g/mol. The summed E-state index contributed by atoms with van der Waals surface area (Å²) in [4.78, 5) is 8.21. The number of nitrogens with zero attached hydrogens (tertiary/aromatic N) is 3. The summed E-state index contributed by atoms with van der Waals surface area (Å²) in [6.07, 6.45) is 2.50. The van der Waals surface area contributed by atoms with Gasteiger partial charge in [-0.15, -0.1) is 0 Å². The molecule has 29 heavy (non-hydrogen) atoms. The van der Waals surface area contributed by atoms with Crippen LogP contribution in [-0.4, -0.2) is 28.7 Å². The summed E-state index contributed by atoms with van der Waals surface area (Å²) in [5, 5.41) is 0.912. The van der Waals surface area contributed by atoms with Crippen molar-refractivity contribution in [1.82, 2.24) is 14.5 Å².